The molecule has 0 unspecified atom stereocenters. The number of carbonyl (C=O) groups is 1. The maximum Gasteiger partial charge on any atom is 0.225 e. The zero-order chi connectivity index (χ0) is 20.1. The Morgan fingerprint density at radius 1 is 0.897 bits per heavy atom. The molecule has 3 nitrogen and oxygen atoms in total. The number of hydrogen-bond donors (Lipinski definition) is 1. The molecule has 1 saturated heterocycles. The van der Waals surface area contributed by atoms with Crippen LogP contribution in [0.2, 0.25) is 0 Å². The van der Waals surface area contributed by atoms with E-state index in [1.165, 1.54) is 11.1 Å². The predicted molar refractivity (Wildman–Crippen MR) is 117 cm³/mol. The quantitative estimate of drug-likeness (QED) is 0.663. The fourth-order valence-corrected chi connectivity index (χ4v) is 4.31. The number of likely N-dealkylation sites (tertiary alicyclic amines) is 1. The van der Waals surface area contributed by atoms with E-state index in [1.54, 1.807) is 0 Å². The summed E-state index contributed by atoms with van der Waals surface area (Å²) in [6.07, 6.45) is 0. The maximum atomic E-state index is 13.3. The summed E-state index contributed by atoms with van der Waals surface area (Å²) in [6.45, 7) is 4.61. The van der Waals surface area contributed by atoms with Gasteiger partial charge in [0.15, 0.2) is 0 Å². The lowest BCUT2D eigenvalue weighted by atomic mass is 9.88. The molecule has 0 spiro atoms. The van der Waals surface area contributed by atoms with Crippen molar-refractivity contribution in [1.29, 1.82) is 0 Å². The molecule has 148 valence electrons. The highest BCUT2D eigenvalue weighted by Gasteiger charge is 2.38. The van der Waals surface area contributed by atoms with Crippen molar-refractivity contribution in [2.24, 2.45) is 5.92 Å². The monoisotopic (exact) mass is 384 g/mol. The van der Waals surface area contributed by atoms with Crippen LogP contribution in [0.1, 0.15) is 35.6 Å². The van der Waals surface area contributed by atoms with E-state index in [0.29, 0.717) is 0 Å². The van der Waals surface area contributed by atoms with Crippen molar-refractivity contribution in [3.8, 4) is 0 Å². The Bertz CT molecular complexity index is 911. The molecule has 3 heteroatoms. The third-order valence-electron chi connectivity index (χ3n) is 5.87. The van der Waals surface area contributed by atoms with Gasteiger partial charge in [-0.05, 0) is 23.6 Å². The second-order valence-corrected chi connectivity index (χ2v) is 7.94. The average molecular weight is 385 g/mol. The summed E-state index contributed by atoms with van der Waals surface area (Å²) in [4.78, 5) is 15.7. The zero-order valence-corrected chi connectivity index (χ0v) is 16.9. The number of amides is 1. The van der Waals surface area contributed by atoms with Crippen molar-refractivity contribution in [2.45, 2.75) is 25.4 Å². The van der Waals surface area contributed by atoms with E-state index < -0.39 is 0 Å². The van der Waals surface area contributed by atoms with Gasteiger partial charge in [-0.1, -0.05) is 91.0 Å². The van der Waals surface area contributed by atoms with E-state index in [0.717, 1.165) is 25.2 Å². The number of rotatable bonds is 6. The van der Waals surface area contributed by atoms with Crippen molar-refractivity contribution in [3.05, 3.63) is 108 Å². The van der Waals surface area contributed by atoms with Crippen LogP contribution < -0.4 is 5.32 Å². The van der Waals surface area contributed by atoms with Gasteiger partial charge in [0.2, 0.25) is 5.91 Å². The van der Waals surface area contributed by atoms with Gasteiger partial charge in [-0.2, -0.15) is 0 Å². The summed E-state index contributed by atoms with van der Waals surface area (Å²) in [6, 6.07) is 31.1. The summed E-state index contributed by atoms with van der Waals surface area (Å²) in [5.41, 5.74) is 3.67. The standard InChI is InChI=1S/C26H28N2O/c1-20(22-13-7-3-8-14-22)27-26(29)25-19-28(17-21-11-5-2-6-12-21)18-24(25)23-15-9-4-10-16-23/h2-16,20,24-25H,17-19H2,1H3,(H,27,29)/t20-,24-,25+/m0/s1. The second-order valence-electron chi connectivity index (χ2n) is 7.94. The smallest absolute Gasteiger partial charge is 0.225 e. The molecule has 1 aliphatic heterocycles. The maximum absolute atomic E-state index is 13.3. The number of nitrogens with one attached hydrogen (secondary N) is 1. The van der Waals surface area contributed by atoms with Crippen molar-refractivity contribution >= 4 is 5.91 Å². The molecule has 1 aliphatic rings. The lowest BCUT2D eigenvalue weighted by Crippen LogP contribution is -2.36. The zero-order valence-electron chi connectivity index (χ0n) is 16.9. The topological polar surface area (TPSA) is 32.3 Å². The van der Waals surface area contributed by atoms with Gasteiger partial charge < -0.3 is 5.32 Å². The number of benzene rings is 3. The SMILES string of the molecule is C[C@H](NC(=O)[C@@H]1CN(Cc2ccccc2)C[C@H]1c1ccccc1)c1ccccc1. The van der Waals surface area contributed by atoms with Gasteiger partial charge >= 0.3 is 0 Å². The first-order chi connectivity index (χ1) is 14.2. The number of nitrogens with zero attached hydrogens (tertiary/aromatic N) is 1. The van der Waals surface area contributed by atoms with E-state index in [-0.39, 0.29) is 23.8 Å². The summed E-state index contributed by atoms with van der Waals surface area (Å²) < 4.78 is 0. The van der Waals surface area contributed by atoms with E-state index in [9.17, 15) is 4.79 Å². The summed E-state index contributed by atoms with van der Waals surface area (Å²) in [7, 11) is 0. The minimum Gasteiger partial charge on any atom is -0.349 e. The summed E-state index contributed by atoms with van der Waals surface area (Å²) in [5, 5.41) is 3.26. The largest absolute Gasteiger partial charge is 0.349 e. The van der Waals surface area contributed by atoms with E-state index in [2.05, 4.69) is 77.8 Å². The van der Waals surface area contributed by atoms with Gasteiger partial charge in [-0.15, -0.1) is 0 Å². The van der Waals surface area contributed by atoms with Gasteiger partial charge in [0.25, 0.3) is 0 Å². The normalized spacial score (nSPS) is 20.3. The first-order valence-corrected chi connectivity index (χ1v) is 10.4. The Kier molecular flexibility index (Phi) is 6.06. The number of carbonyl (C=O) groups excluding carboxylic acids is 1. The molecule has 0 saturated carbocycles. The highest BCUT2D eigenvalue weighted by Crippen LogP contribution is 2.34. The minimum absolute atomic E-state index is 0.00305. The van der Waals surface area contributed by atoms with E-state index in [1.807, 2.05) is 30.3 Å². The van der Waals surface area contributed by atoms with Crippen LogP contribution in [-0.2, 0) is 11.3 Å². The molecule has 0 aromatic heterocycles. The van der Waals surface area contributed by atoms with Gasteiger partial charge in [-0.25, -0.2) is 0 Å². The summed E-state index contributed by atoms with van der Waals surface area (Å²) in [5.74, 6) is 0.306. The van der Waals surface area contributed by atoms with Crippen molar-refractivity contribution < 1.29 is 4.79 Å². The molecule has 1 fully saturated rings. The third-order valence-corrected chi connectivity index (χ3v) is 5.87. The molecule has 3 aromatic carbocycles. The van der Waals surface area contributed by atoms with Gasteiger partial charge in [-0.3, -0.25) is 9.69 Å². The Morgan fingerprint density at radius 3 is 2.14 bits per heavy atom. The Hall–Kier alpha value is -2.91. The fraction of sp³-hybridized carbons (Fsp3) is 0.269. The Labute approximate surface area is 173 Å². The van der Waals surface area contributed by atoms with Crippen molar-refractivity contribution in [3.63, 3.8) is 0 Å². The van der Waals surface area contributed by atoms with Crippen molar-refractivity contribution in [1.82, 2.24) is 10.2 Å². The van der Waals surface area contributed by atoms with E-state index in [4.69, 9.17) is 0 Å². The van der Waals surface area contributed by atoms with Crippen LogP contribution in [-0.4, -0.2) is 23.9 Å². The molecule has 1 N–H and O–H groups in total. The Balaban J connectivity index is 1.51. The van der Waals surface area contributed by atoms with Crippen LogP contribution in [0.5, 0.6) is 0 Å². The molecule has 0 radical (unpaired) electrons. The molecule has 3 aromatic rings. The van der Waals surface area contributed by atoms with Crippen LogP contribution in [0.15, 0.2) is 91.0 Å². The molecule has 3 atom stereocenters. The first-order valence-electron chi connectivity index (χ1n) is 10.4. The summed E-state index contributed by atoms with van der Waals surface area (Å²) >= 11 is 0. The van der Waals surface area contributed by atoms with Crippen LogP contribution in [0, 0.1) is 5.92 Å². The molecular weight excluding hydrogens is 356 g/mol. The van der Waals surface area contributed by atoms with Crippen LogP contribution >= 0.6 is 0 Å². The van der Waals surface area contributed by atoms with E-state index >= 15 is 0 Å². The molecule has 29 heavy (non-hydrogen) atoms. The lowest BCUT2D eigenvalue weighted by Gasteiger charge is -2.21. The van der Waals surface area contributed by atoms with Crippen LogP contribution in [0.3, 0.4) is 0 Å². The third kappa shape index (κ3) is 4.75. The van der Waals surface area contributed by atoms with Crippen LogP contribution in [0.4, 0.5) is 0 Å². The lowest BCUT2D eigenvalue weighted by molar-refractivity contribution is -0.125. The molecule has 0 bridgehead atoms. The van der Waals surface area contributed by atoms with Gasteiger partial charge in [0.1, 0.15) is 0 Å². The molecule has 4 rings (SSSR count). The highest BCUT2D eigenvalue weighted by molar-refractivity contribution is 5.81. The first kappa shape index (κ1) is 19.4. The van der Waals surface area contributed by atoms with Gasteiger partial charge in [0.05, 0.1) is 12.0 Å². The predicted octanol–water partition coefficient (Wildman–Crippen LogP) is 4.78. The average Bonchev–Trinajstić information content (AvgIpc) is 3.19. The molecule has 1 heterocycles. The second kappa shape index (κ2) is 9.06. The molecule has 0 aliphatic carbocycles. The number of hydrogen-bond acceptors (Lipinski definition) is 2. The highest BCUT2D eigenvalue weighted by atomic mass is 16.2. The Morgan fingerprint density at radius 2 is 1.48 bits per heavy atom. The van der Waals surface area contributed by atoms with Crippen LogP contribution in [0.25, 0.3) is 0 Å². The minimum atomic E-state index is -0.0488. The molecule has 1 amide bonds. The van der Waals surface area contributed by atoms with Gasteiger partial charge in [0, 0.05) is 25.6 Å². The fourth-order valence-electron chi connectivity index (χ4n) is 4.31. The van der Waals surface area contributed by atoms with Crippen molar-refractivity contribution in [2.75, 3.05) is 13.1 Å². The molecular formula is C26H28N2O.